The number of hydrogen-bond acceptors (Lipinski definition) is 6. The summed E-state index contributed by atoms with van der Waals surface area (Å²) in [7, 11) is 1.29. The average molecular weight is 361 g/mol. The Morgan fingerprint density at radius 2 is 1.96 bits per heavy atom. The fourth-order valence-electron chi connectivity index (χ4n) is 2.64. The third-order valence-electron chi connectivity index (χ3n) is 3.95. The topological polar surface area (TPSA) is 84.4 Å². The van der Waals surface area contributed by atoms with Gasteiger partial charge in [-0.2, -0.15) is 0 Å². The third kappa shape index (κ3) is 3.88. The van der Waals surface area contributed by atoms with Gasteiger partial charge in [0.2, 0.25) is 0 Å². The number of amides is 1. The lowest BCUT2D eigenvalue weighted by Gasteiger charge is -2.16. The molecule has 1 amide bonds. The van der Waals surface area contributed by atoms with Gasteiger partial charge in [0.15, 0.2) is 0 Å². The number of aromatic nitrogens is 2. The molecule has 130 valence electrons. The van der Waals surface area contributed by atoms with Gasteiger partial charge in [0.25, 0.3) is 5.91 Å². The van der Waals surface area contributed by atoms with E-state index in [9.17, 15) is 9.59 Å². The molecule has 0 bridgehead atoms. The minimum absolute atomic E-state index is 0.233. The Balaban J connectivity index is 1.80. The molecule has 1 fully saturated rings. The monoisotopic (exact) mass is 360 g/mol. The van der Waals surface area contributed by atoms with Gasteiger partial charge in [-0.3, -0.25) is 4.79 Å². The van der Waals surface area contributed by atoms with Crippen molar-refractivity contribution in [3.05, 3.63) is 46.9 Å². The van der Waals surface area contributed by atoms with E-state index >= 15 is 0 Å². The fourth-order valence-corrected chi connectivity index (χ4v) is 2.81. The summed E-state index contributed by atoms with van der Waals surface area (Å²) in [5.74, 6) is -0.204. The predicted octanol–water partition coefficient (Wildman–Crippen LogP) is 2.77. The summed E-state index contributed by atoms with van der Waals surface area (Å²) in [6.45, 7) is 1.84. The van der Waals surface area contributed by atoms with Gasteiger partial charge >= 0.3 is 5.97 Å². The maximum absolute atomic E-state index is 12.5. The van der Waals surface area contributed by atoms with Crippen LogP contribution in [0.2, 0.25) is 5.02 Å². The predicted molar refractivity (Wildman–Crippen MR) is 94.2 cm³/mol. The number of methoxy groups -OCH3 is 1. The van der Waals surface area contributed by atoms with Gasteiger partial charge in [0.05, 0.1) is 23.4 Å². The van der Waals surface area contributed by atoms with Crippen LogP contribution in [0.15, 0.2) is 30.6 Å². The van der Waals surface area contributed by atoms with Crippen LogP contribution in [-0.4, -0.2) is 42.0 Å². The molecule has 2 aromatic rings. The number of esters is 1. The molecule has 0 radical (unpaired) electrons. The van der Waals surface area contributed by atoms with Crippen LogP contribution in [0.3, 0.4) is 0 Å². The van der Waals surface area contributed by atoms with E-state index in [-0.39, 0.29) is 5.69 Å². The van der Waals surface area contributed by atoms with Crippen molar-refractivity contribution in [2.45, 2.75) is 12.8 Å². The Hall–Kier alpha value is -2.67. The van der Waals surface area contributed by atoms with E-state index in [0.717, 1.165) is 31.7 Å². The highest BCUT2D eigenvalue weighted by Crippen LogP contribution is 2.24. The molecule has 3 rings (SSSR count). The van der Waals surface area contributed by atoms with Crippen molar-refractivity contribution in [2.75, 3.05) is 30.4 Å². The van der Waals surface area contributed by atoms with E-state index in [4.69, 9.17) is 11.6 Å². The van der Waals surface area contributed by atoms with Crippen LogP contribution < -0.4 is 10.2 Å². The summed E-state index contributed by atoms with van der Waals surface area (Å²) in [5, 5.41) is 2.99. The molecule has 1 aliphatic heterocycles. The van der Waals surface area contributed by atoms with E-state index in [2.05, 4.69) is 24.9 Å². The zero-order valence-electron chi connectivity index (χ0n) is 13.7. The lowest BCUT2D eigenvalue weighted by Crippen LogP contribution is -2.21. The Labute approximate surface area is 150 Å². The lowest BCUT2D eigenvalue weighted by atomic mass is 10.2. The van der Waals surface area contributed by atoms with Crippen LogP contribution in [0.1, 0.15) is 33.7 Å². The molecule has 1 aromatic carbocycles. The number of nitrogens with zero attached hydrogens (tertiary/aromatic N) is 3. The molecule has 0 spiro atoms. The molecule has 1 saturated heterocycles. The van der Waals surface area contributed by atoms with E-state index in [1.165, 1.54) is 31.6 Å². The zero-order valence-corrected chi connectivity index (χ0v) is 14.4. The SMILES string of the molecule is COC(=O)c1ccc(Cl)c(NC(=O)c2cc(N3CCCC3)ncn2)c1. The first-order valence-corrected chi connectivity index (χ1v) is 8.22. The molecular weight excluding hydrogens is 344 g/mol. The summed E-state index contributed by atoms with van der Waals surface area (Å²) in [6.07, 6.45) is 3.60. The largest absolute Gasteiger partial charge is 0.465 e. The molecule has 1 aliphatic rings. The summed E-state index contributed by atoms with van der Waals surface area (Å²) in [4.78, 5) is 34.5. The molecule has 1 N–H and O–H groups in total. The fraction of sp³-hybridized carbons (Fsp3) is 0.294. The van der Waals surface area contributed by atoms with E-state index < -0.39 is 11.9 Å². The quantitative estimate of drug-likeness (QED) is 0.844. The molecule has 7 nitrogen and oxygen atoms in total. The van der Waals surface area contributed by atoms with Crippen LogP contribution >= 0.6 is 11.6 Å². The van der Waals surface area contributed by atoms with Crippen LogP contribution in [-0.2, 0) is 4.74 Å². The highest BCUT2D eigenvalue weighted by Gasteiger charge is 2.17. The van der Waals surface area contributed by atoms with Crippen molar-refractivity contribution in [3.63, 3.8) is 0 Å². The number of carbonyl (C=O) groups is 2. The van der Waals surface area contributed by atoms with Crippen LogP contribution in [0, 0.1) is 0 Å². The molecule has 8 heteroatoms. The van der Waals surface area contributed by atoms with Crippen molar-refractivity contribution in [1.29, 1.82) is 0 Å². The van der Waals surface area contributed by atoms with Gasteiger partial charge in [-0.05, 0) is 31.0 Å². The first-order valence-electron chi connectivity index (χ1n) is 7.84. The number of anilines is 2. The molecule has 1 aromatic heterocycles. The number of benzene rings is 1. The summed E-state index contributed by atoms with van der Waals surface area (Å²) in [5.41, 5.74) is 0.843. The second-order valence-electron chi connectivity index (χ2n) is 5.60. The van der Waals surface area contributed by atoms with Gasteiger partial charge in [-0.15, -0.1) is 0 Å². The van der Waals surface area contributed by atoms with Crippen LogP contribution in [0.5, 0.6) is 0 Å². The second-order valence-corrected chi connectivity index (χ2v) is 6.00. The third-order valence-corrected chi connectivity index (χ3v) is 4.28. The van der Waals surface area contributed by atoms with Crippen molar-refractivity contribution in [3.8, 4) is 0 Å². The van der Waals surface area contributed by atoms with Gasteiger partial charge in [0, 0.05) is 19.2 Å². The normalized spacial score (nSPS) is 13.6. The Morgan fingerprint density at radius 3 is 2.68 bits per heavy atom. The molecule has 0 saturated carbocycles. The second kappa shape index (κ2) is 7.48. The molecule has 0 unspecified atom stereocenters. The van der Waals surface area contributed by atoms with Gasteiger partial charge < -0.3 is 15.0 Å². The number of carbonyl (C=O) groups excluding carboxylic acids is 2. The number of nitrogens with one attached hydrogen (secondary N) is 1. The number of halogens is 1. The number of rotatable bonds is 4. The van der Waals surface area contributed by atoms with Crippen LogP contribution in [0.25, 0.3) is 0 Å². The molecule has 0 aliphatic carbocycles. The van der Waals surface area contributed by atoms with Crippen molar-refractivity contribution < 1.29 is 14.3 Å². The Bertz CT molecular complexity index is 806. The van der Waals surface area contributed by atoms with E-state index in [0.29, 0.717) is 16.3 Å². The first-order chi connectivity index (χ1) is 12.1. The first kappa shape index (κ1) is 17.2. The van der Waals surface area contributed by atoms with E-state index in [1.54, 1.807) is 6.07 Å². The van der Waals surface area contributed by atoms with Crippen LogP contribution in [0.4, 0.5) is 11.5 Å². The van der Waals surface area contributed by atoms with Crippen molar-refractivity contribution in [2.24, 2.45) is 0 Å². The minimum Gasteiger partial charge on any atom is -0.465 e. The standard InChI is InChI=1S/C17H17ClN4O3/c1-25-17(24)11-4-5-12(18)13(8-11)21-16(23)14-9-15(20-10-19-14)22-6-2-3-7-22/h4-5,8-10H,2-3,6-7H2,1H3,(H,21,23). The highest BCUT2D eigenvalue weighted by molar-refractivity contribution is 6.34. The number of hydrogen-bond donors (Lipinski definition) is 1. The molecular formula is C17H17ClN4O3. The van der Waals surface area contributed by atoms with E-state index in [1.807, 2.05) is 0 Å². The lowest BCUT2D eigenvalue weighted by molar-refractivity contribution is 0.0600. The van der Waals surface area contributed by atoms with Gasteiger partial charge in [0.1, 0.15) is 17.8 Å². The molecule has 2 heterocycles. The molecule has 25 heavy (non-hydrogen) atoms. The maximum Gasteiger partial charge on any atom is 0.337 e. The average Bonchev–Trinajstić information content (AvgIpc) is 3.17. The van der Waals surface area contributed by atoms with Gasteiger partial charge in [-0.1, -0.05) is 11.6 Å². The smallest absolute Gasteiger partial charge is 0.337 e. The minimum atomic E-state index is -0.509. The summed E-state index contributed by atoms with van der Waals surface area (Å²) < 4.78 is 4.67. The van der Waals surface area contributed by atoms with Gasteiger partial charge in [-0.25, -0.2) is 14.8 Å². The van der Waals surface area contributed by atoms with Crippen molar-refractivity contribution >= 4 is 35.0 Å². The molecule has 0 atom stereocenters. The summed E-state index contributed by atoms with van der Waals surface area (Å²) >= 11 is 6.10. The Kier molecular flexibility index (Phi) is 5.14. The zero-order chi connectivity index (χ0) is 17.8. The summed E-state index contributed by atoms with van der Waals surface area (Å²) in [6, 6.07) is 6.17. The number of ether oxygens (including phenoxy) is 1. The highest BCUT2D eigenvalue weighted by atomic mass is 35.5. The maximum atomic E-state index is 12.5. The van der Waals surface area contributed by atoms with Crippen molar-refractivity contribution in [1.82, 2.24) is 9.97 Å². The Morgan fingerprint density at radius 1 is 1.20 bits per heavy atom.